The summed E-state index contributed by atoms with van der Waals surface area (Å²) in [6, 6.07) is 13.5. The van der Waals surface area contributed by atoms with Gasteiger partial charge in [-0.05, 0) is 18.6 Å². The number of aryl methyl sites for hydroxylation is 1. The summed E-state index contributed by atoms with van der Waals surface area (Å²) >= 11 is 0. The lowest BCUT2D eigenvalue weighted by molar-refractivity contribution is 0.174. The van der Waals surface area contributed by atoms with E-state index in [4.69, 9.17) is 14.2 Å². The number of nitrogens with zero attached hydrogens (tertiary/aromatic N) is 2. The van der Waals surface area contributed by atoms with Gasteiger partial charge >= 0.3 is 0 Å². The summed E-state index contributed by atoms with van der Waals surface area (Å²) in [5, 5.41) is 9.18. The number of rotatable bonds is 6. The van der Waals surface area contributed by atoms with Crippen LogP contribution in [0.25, 0.3) is 11.0 Å². The summed E-state index contributed by atoms with van der Waals surface area (Å²) in [6.45, 7) is 1.39. The average molecular weight is 326 g/mol. The van der Waals surface area contributed by atoms with E-state index < -0.39 is 0 Å². The van der Waals surface area contributed by atoms with Gasteiger partial charge in [-0.1, -0.05) is 18.2 Å². The van der Waals surface area contributed by atoms with Gasteiger partial charge < -0.3 is 23.9 Å². The zero-order valence-corrected chi connectivity index (χ0v) is 13.1. The van der Waals surface area contributed by atoms with Gasteiger partial charge in [0.2, 0.25) is 6.79 Å². The van der Waals surface area contributed by atoms with E-state index in [0.29, 0.717) is 25.3 Å². The Kier molecular flexibility index (Phi) is 3.96. The molecule has 0 atom stereocenters. The minimum absolute atomic E-state index is 0.128. The van der Waals surface area contributed by atoms with E-state index in [1.165, 1.54) is 0 Å². The van der Waals surface area contributed by atoms with Gasteiger partial charge in [-0.3, -0.25) is 0 Å². The summed E-state index contributed by atoms with van der Waals surface area (Å²) in [7, 11) is 0. The van der Waals surface area contributed by atoms with Crippen molar-refractivity contribution in [3.63, 3.8) is 0 Å². The van der Waals surface area contributed by atoms with Crippen molar-refractivity contribution in [1.29, 1.82) is 0 Å². The van der Waals surface area contributed by atoms with Crippen LogP contribution in [0.15, 0.2) is 42.5 Å². The van der Waals surface area contributed by atoms with Gasteiger partial charge in [-0.2, -0.15) is 0 Å². The minimum atomic E-state index is 0.128. The van der Waals surface area contributed by atoms with Gasteiger partial charge in [0.05, 0.1) is 11.0 Å². The van der Waals surface area contributed by atoms with Crippen LogP contribution in [0, 0.1) is 0 Å². The SMILES string of the molecule is OCCCn1c(COc2ccccc2)nc2cc3c(cc21)OCO3. The lowest BCUT2D eigenvalue weighted by atomic mass is 10.2. The van der Waals surface area contributed by atoms with Gasteiger partial charge in [0.1, 0.15) is 18.2 Å². The molecule has 124 valence electrons. The van der Waals surface area contributed by atoms with Crippen LogP contribution >= 0.6 is 0 Å². The zero-order chi connectivity index (χ0) is 16.4. The molecule has 0 unspecified atom stereocenters. The van der Waals surface area contributed by atoms with E-state index in [1.54, 1.807) is 0 Å². The highest BCUT2D eigenvalue weighted by molar-refractivity contribution is 5.81. The average Bonchev–Trinajstić information content (AvgIpc) is 3.20. The monoisotopic (exact) mass is 326 g/mol. The lowest BCUT2D eigenvalue weighted by Crippen LogP contribution is -2.08. The predicted molar refractivity (Wildman–Crippen MR) is 88.3 cm³/mol. The number of aliphatic hydroxyl groups excluding tert-OH is 1. The maximum atomic E-state index is 9.18. The third-order valence-corrected chi connectivity index (χ3v) is 3.97. The van der Waals surface area contributed by atoms with Crippen molar-refractivity contribution < 1.29 is 19.3 Å². The number of hydrogen-bond donors (Lipinski definition) is 1. The Balaban J connectivity index is 1.67. The molecule has 0 saturated carbocycles. The second-order valence-corrected chi connectivity index (χ2v) is 5.55. The van der Waals surface area contributed by atoms with Crippen LogP contribution in [0.5, 0.6) is 17.2 Å². The standard InChI is InChI=1S/C18H18N2O4/c21-8-4-7-20-15-10-17-16(23-12-24-17)9-14(15)19-18(20)11-22-13-5-2-1-3-6-13/h1-3,5-6,9-10,21H,4,7-8,11-12H2. The summed E-state index contributed by atoms with van der Waals surface area (Å²) < 4.78 is 18.8. The first-order valence-corrected chi connectivity index (χ1v) is 7.92. The fourth-order valence-corrected chi connectivity index (χ4v) is 2.82. The first-order chi connectivity index (χ1) is 11.8. The van der Waals surface area contributed by atoms with E-state index in [1.807, 2.05) is 42.5 Å². The molecule has 6 nitrogen and oxygen atoms in total. The van der Waals surface area contributed by atoms with Crippen molar-refractivity contribution in [2.24, 2.45) is 0 Å². The molecule has 1 aliphatic heterocycles. The maximum Gasteiger partial charge on any atom is 0.231 e. The Morgan fingerprint density at radius 3 is 2.71 bits per heavy atom. The van der Waals surface area contributed by atoms with Crippen LogP contribution in [0.2, 0.25) is 0 Å². The third kappa shape index (κ3) is 2.76. The summed E-state index contributed by atoms with van der Waals surface area (Å²) in [4.78, 5) is 4.68. The van der Waals surface area contributed by atoms with Crippen LogP contribution < -0.4 is 14.2 Å². The molecule has 0 spiro atoms. The lowest BCUT2D eigenvalue weighted by Gasteiger charge is -2.10. The summed E-state index contributed by atoms with van der Waals surface area (Å²) in [5.41, 5.74) is 1.79. The Bertz CT molecular complexity index is 845. The molecular weight excluding hydrogens is 308 g/mol. The van der Waals surface area contributed by atoms with Crippen LogP contribution in [0.1, 0.15) is 12.2 Å². The molecule has 0 bridgehead atoms. The number of para-hydroxylation sites is 1. The predicted octanol–water partition coefficient (Wildman–Crippen LogP) is 2.73. The first-order valence-electron chi connectivity index (χ1n) is 7.92. The second-order valence-electron chi connectivity index (χ2n) is 5.55. The van der Waals surface area contributed by atoms with Gasteiger partial charge in [-0.25, -0.2) is 4.98 Å². The molecule has 0 saturated heterocycles. The molecule has 2 aromatic carbocycles. The zero-order valence-electron chi connectivity index (χ0n) is 13.1. The van der Waals surface area contributed by atoms with Crippen molar-refractivity contribution in [1.82, 2.24) is 9.55 Å². The molecule has 1 aliphatic rings. The Morgan fingerprint density at radius 1 is 1.12 bits per heavy atom. The molecule has 2 heterocycles. The quantitative estimate of drug-likeness (QED) is 0.754. The molecule has 1 aromatic heterocycles. The Morgan fingerprint density at radius 2 is 1.92 bits per heavy atom. The number of aromatic nitrogens is 2. The highest BCUT2D eigenvalue weighted by Gasteiger charge is 2.19. The van der Waals surface area contributed by atoms with E-state index in [-0.39, 0.29) is 13.4 Å². The largest absolute Gasteiger partial charge is 0.486 e. The molecule has 0 radical (unpaired) electrons. The van der Waals surface area contributed by atoms with E-state index in [9.17, 15) is 5.11 Å². The summed E-state index contributed by atoms with van der Waals surface area (Å²) in [6.07, 6.45) is 0.651. The van der Waals surface area contributed by atoms with Gasteiger partial charge in [0, 0.05) is 25.3 Å². The molecular formula is C18H18N2O4. The molecule has 3 aromatic rings. The van der Waals surface area contributed by atoms with Crippen molar-refractivity contribution in [2.45, 2.75) is 19.6 Å². The number of aliphatic hydroxyl groups is 1. The molecule has 0 aliphatic carbocycles. The first kappa shape index (κ1) is 14.8. The minimum Gasteiger partial charge on any atom is -0.486 e. The van der Waals surface area contributed by atoms with Crippen LogP contribution in [0.4, 0.5) is 0 Å². The third-order valence-electron chi connectivity index (χ3n) is 3.97. The fraction of sp³-hybridized carbons (Fsp3) is 0.278. The highest BCUT2D eigenvalue weighted by Crippen LogP contribution is 2.36. The number of fused-ring (bicyclic) bond motifs is 2. The van der Waals surface area contributed by atoms with Crippen molar-refractivity contribution in [3.8, 4) is 17.2 Å². The molecule has 0 fully saturated rings. The molecule has 4 rings (SSSR count). The van der Waals surface area contributed by atoms with E-state index >= 15 is 0 Å². The van der Waals surface area contributed by atoms with Crippen LogP contribution in [-0.4, -0.2) is 28.1 Å². The summed E-state index contributed by atoms with van der Waals surface area (Å²) in [5.74, 6) is 3.05. The Labute approximate surface area is 139 Å². The van der Waals surface area contributed by atoms with Crippen molar-refractivity contribution >= 4 is 11.0 Å². The highest BCUT2D eigenvalue weighted by atomic mass is 16.7. The molecule has 1 N–H and O–H groups in total. The van der Waals surface area contributed by atoms with E-state index in [0.717, 1.165) is 28.4 Å². The van der Waals surface area contributed by atoms with Crippen LogP contribution in [-0.2, 0) is 13.2 Å². The number of imidazole rings is 1. The maximum absolute atomic E-state index is 9.18. The van der Waals surface area contributed by atoms with Gasteiger partial charge in [0.15, 0.2) is 11.5 Å². The number of ether oxygens (including phenoxy) is 3. The molecule has 24 heavy (non-hydrogen) atoms. The number of hydrogen-bond acceptors (Lipinski definition) is 5. The fourth-order valence-electron chi connectivity index (χ4n) is 2.82. The smallest absolute Gasteiger partial charge is 0.231 e. The van der Waals surface area contributed by atoms with Gasteiger partial charge in [-0.15, -0.1) is 0 Å². The number of benzene rings is 2. The van der Waals surface area contributed by atoms with E-state index in [2.05, 4.69) is 9.55 Å². The van der Waals surface area contributed by atoms with Crippen LogP contribution in [0.3, 0.4) is 0 Å². The topological polar surface area (TPSA) is 65.7 Å². The normalized spacial score (nSPS) is 12.7. The second kappa shape index (κ2) is 6.41. The van der Waals surface area contributed by atoms with Gasteiger partial charge in [0.25, 0.3) is 0 Å². The molecule has 6 heteroatoms. The van der Waals surface area contributed by atoms with Crippen molar-refractivity contribution in [3.05, 3.63) is 48.3 Å². The molecule has 0 amide bonds. The van der Waals surface area contributed by atoms with Crippen molar-refractivity contribution in [2.75, 3.05) is 13.4 Å². The Hall–Kier alpha value is -2.73.